The van der Waals surface area contributed by atoms with Crippen molar-refractivity contribution in [3.05, 3.63) is 93.9 Å². The summed E-state index contributed by atoms with van der Waals surface area (Å²) in [5.74, 6) is 0. The van der Waals surface area contributed by atoms with Crippen LogP contribution in [-0.2, 0) is 12.8 Å². The van der Waals surface area contributed by atoms with Crippen molar-refractivity contribution >= 4 is 23.0 Å². The molecule has 2 aromatic rings. The van der Waals surface area contributed by atoms with Crippen molar-refractivity contribution in [2.75, 3.05) is 0 Å². The van der Waals surface area contributed by atoms with E-state index in [1.165, 1.54) is 50.2 Å². The highest BCUT2D eigenvalue weighted by molar-refractivity contribution is 5.89. The Bertz CT molecular complexity index is 1130. The summed E-state index contributed by atoms with van der Waals surface area (Å²) in [6, 6.07) is 9.00. The molecule has 0 atom stereocenters. The number of pyridine rings is 1. The normalized spacial score (nSPS) is 17.8. The van der Waals surface area contributed by atoms with Crippen molar-refractivity contribution in [1.82, 2.24) is 4.98 Å². The lowest BCUT2D eigenvalue weighted by Crippen LogP contribution is -2.00. The first kappa shape index (κ1) is 17.1. The Morgan fingerprint density at radius 3 is 2.82 bits per heavy atom. The van der Waals surface area contributed by atoms with Crippen LogP contribution in [0.25, 0.3) is 11.1 Å². The summed E-state index contributed by atoms with van der Waals surface area (Å²) in [5.41, 5.74) is 12.9. The van der Waals surface area contributed by atoms with E-state index in [4.69, 9.17) is 4.98 Å². The highest BCUT2D eigenvalue weighted by Gasteiger charge is 2.21. The standard InChI is InChI=1S/C26H24N2.H2/c1-17-6-5-7-18(2)26(17)21-15-23-22(10-12-25(23)28-16-21)19-9-11-24-20(14-19)8-3-4-13-27-24;/h3-4,6,9-11,13-16H,5,7-8,12H2,1-2H3;1H. The van der Waals surface area contributed by atoms with Crippen LogP contribution in [0.2, 0.25) is 0 Å². The van der Waals surface area contributed by atoms with Gasteiger partial charge in [0.05, 0.1) is 11.4 Å². The van der Waals surface area contributed by atoms with Gasteiger partial charge in [-0.25, -0.2) is 0 Å². The minimum absolute atomic E-state index is 0. The Morgan fingerprint density at radius 1 is 1.00 bits per heavy atom. The molecule has 2 nitrogen and oxygen atoms in total. The summed E-state index contributed by atoms with van der Waals surface area (Å²) < 4.78 is 0. The average molecular weight is 367 g/mol. The third kappa shape index (κ3) is 2.90. The molecular weight excluding hydrogens is 340 g/mol. The molecule has 2 heterocycles. The van der Waals surface area contributed by atoms with E-state index >= 15 is 0 Å². The van der Waals surface area contributed by atoms with Gasteiger partial charge in [0.25, 0.3) is 0 Å². The lowest BCUT2D eigenvalue weighted by Gasteiger charge is -2.19. The Morgan fingerprint density at radius 2 is 1.93 bits per heavy atom. The molecule has 5 rings (SSSR count). The van der Waals surface area contributed by atoms with Crippen LogP contribution in [-0.4, -0.2) is 11.2 Å². The van der Waals surface area contributed by atoms with Gasteiger partial charge in [0.1, 0.15) is 0 Å². The van der Waals surface area contributed by atoms with Gasteiger partial charge in [0.15, 0.2) is 0 Å². The van der Waals surface area contributed by atoms with E-state index in [-0.39, 0.29) is 1.43 Å². The summed E-state index contributed by atoms with van der Waals surface area (Å²) in [6.45, 7) is 4.48. The summed E-state index contributed by atoms with van der Waals surface area (Å²) in [5, 5.41) is 0. The van der Waals surface area contributed by atoms with Gasteiger partial charge in [0.2, 0.25) is 0 Å². The van der Waals surface area contributed by atoms with Crippen molar-refractivity contribution in [1.29, 1.82) is 0 Å². The summed E-state index contributed by atoms with van der Waals surface area (Å²) in [6.07, 6.45) is 16.9. The lowest BCUT2D eigenvalue weighted by molar-refractivity contribution is 0.951. The zero-order valence-electron chi connectivity index (χ0n) is 16.5. The van der Waals surface area contributed by atoms with Gasteiger partial charge in [-0.1, -0.05) is 29.9 Å². The SMILES string of the molecule is CC1=CCCC(C)=C1c1cnc2c(c1)C(c1ccc3c(c1)CC=CC=N3)=CC2.[HH]. The fraction of sp³-hybridized carbons (Fsp3) is 0.231. The monoisotopic (exact) mass is 366 g/mol. The van der Waals surface area contributed by atoms with Crippen LogP contribution >= 0.6 is 0 Å². The number of aliphatic imine (C=N–C) groups is 1. The molecular formula is C26H26N2. The average Bonchev–Trinajstić information content (AvgIpc) is 2.97. The topological polar surface area (TPSA) is 25.2 Å². The van der Waals surface area contributed by atoms with Crippen LogP contribution in [0.5, 0.6) is 0 Å². The molecule has 1 aromatic heterocycles. The molecule has 140 valence electrons. The molecule has 2 heteroatoms. The van der Waals surface area contributed by atoms with Gasteiger partial charge in [0, 0.05) is 31.4 Å². The summed E-state index contributed by atoms with van der Waals surface area (Å²) in [4.78, 5) is 9.37. The van der Waals surface area contributed by atoms with E-state index in [1.54, 1.807) is 0 Å². The van der Waals surface area contributed by atoms with Gasteiger partial charge >= 0.3 is 0 Å². The maximum absolute atomic E-state index is 4.83. The number of hydrogen-bond acceptors (Lipinski definition) is 2. The Balaban J connectivity index is 0.00000205. The minimum atomic E-state index is 0. The lowest BCUT2D eigenvalue weighted by atomic mass is 9.87. The molecule has 2 aliphatic carbocycles. The number of benzene rings is 1. The molecule has 0 unspecified atom stereocenters. The van der Waals surface area contributed by atoms with Crippen molar-refractivity contribution in [2.45, 2.75) is 39.5 Å². The van der Waals surface area contributed by atoms with E-state index in [0.29, 0.717) is 0 Å². The zero-order valence-corrected chi connectivity index (χ0v) is 16.5. The van der Waals surface area contributed by atoms with Crippen LogP contribution in [0, 0.1) is 0 Å². The van der Waals surface area contributed by atoms with Crippen molar-refractivity contribution in [3.63, 3.8) is 0 Å². The molecule has 0 amide bonds. The first-order chi connectivity index (χ1) is 13.7. The molecule has 1 aliphatic heterocycles. The van der Waals surface area contributed by atoms with Gasteiger partial charge < -0.3 is 0 Å². The predicted octanol–water partition coefficient (Wildman–Crippen LogP) is 6.64. The zero-order chi connectivity index (χ0) is 19.1. The second-order valence-corrected chi connectivity index (χ2v) is 7.88. The molecule has 0 radical (unpaired) electrons. The Kier molecular flexibility index (Phi) is 4.20. The molecule has 0 N–H and O–H groups in total. The van der Waals surface area contributed by atoms with E-state index in [1.807, 2.05) is 12.3 Å². The third-order valence-electron chi connectivity index (χ3n) is 6.00. The second kappa shape index (κ2) is 6.87. The maximum atomic E-state index is 4.83. The number of hydrogen-bond donors (Lipinski definition) is 0. The maximum Gasteiger partial charge on any atom is 0.0665 e. The Labute approximate surface area is 168 Å². The van der Waals surface area contributed by atoms with Crippen molar-refractivity contribution in [3.8, 4) is 0 Å². The van der Waals surface area contributed by atoms with Gasteiger partial charge in [-0.3, -0.25) is 9.98 Å². The molecule has 1 aromatic carbocycles. The van der Waals surface area contributed by atoms with Gasteiger partial charge in [-0.2, -0.15) is 0 Å². The highest BCUT2D eigenvalue weighted by Crippen LogP contribution is 2.38. The molecule has 0 saturated carbocycles. The summed E-state index contributed by atoms with van der Waals surface area (Å²) >= 11 is 0. The quantitative estimate of drug-likeness (QED) is 0.584. The summed E-state index contributed by atoms with van der Waals surface area (Å²) in [7, 11) is 0. The number of fused-ring (bicyclic) bond motifs is 2. The molecule has 0 spiro atoms. The molecule has 28 heavy (non-hydrogen) atoms. The number of aromatic nitrogens is 1. The predicted molar refractivity (Wildman–Crippen MR) is 120 cm³/mol. The number of rotatable bonds is 2. The van der Waals surface area contributed by atoms with Crippen LogP contribution in [0.1, 0.15) is 56.1 Å². The van der Waals surface area contributed by atoms with Crippen LogP contribution < -0.4 is 0 Å². The molecule has 3 aliphatic rings. The van der Waals surface area contributed by atoms with E-state index in [2.05, 4.69) is 67.5 Å². The van der Waals surface area contributed by atoms with Gasteiger partial charge in [-0.05, 0) is 85.2 Å². The van der Waals surface area contributed by atoms with Crippen LogP contribution in [0.3, 0.4) is 0 Å². The third-order valence-corrected chi connectivity index (χ3v) is 6.00. The van der Waals surface area contributed by atoms with Gasteiger partial charge in [-0.15, -0.1) is 0 Å². The van der Waals surface area contributed by atoms with E-state index in [0.717, 1.165) is 31.4 Å². The fourth-order valence-corrected chi connectivity index (χ4v) is 4.57. The van der Waals surface area contributed by atoms with Crippen LogP contribution in [0.4, 0.5) is 5.69 Å². The molecule has 0 saturated heterocycles. The van der Waals surface area contributed by atoms with Crippen molar-refractivity contribution in [2.24, 2.45) is 4.99 Å². The van der Waals surface area contributed by atoms with Crippen LogP contribution in [0.15, 0.2) is 70.9 Å². The first-order valence-corrected chi connectivity index (χ1v) is 10.1. The van der Waals surface area contributed by atoms with Crippen molar-refractivity contribution < 1.29 is 1.43 Å². The highest BCUT2D eigenvalue weighted by atomic mass is 14.7. The largest absolute Gasteiger partial charge is 0.260 e. The number of allylic oxidation sites excluding steroid dienone is 7. The first-order valence-electron chi connectivity index (χ1n) is 10.1. The van der Waals surface area contributed by atoms with E-state index in [9.17, 15) is 0 Å². The fourth-order valence-electron chi connectivity index (χ4n) is 4.57. The number of nitrogens with zero attached hydrogens (tertiary/aromatic N) is 2. The van der Waals surface area contributed by atoms with E-state index < -0.39 is 0 Å². The molecule has 0 fully saturated rings. The Hall–Kier alpha value is -3.00. The molecule has 0 bridgehead atoms. The minimum Gasteiger partial charge on any atom is -0.260 e. The smallest absolute Gasteiger partial charge is 0.0665 e. The second-order valence-electron chi connectivity index (χ2n) is 7.88.